The minimum absolute atomic E-state index is 0.0333. The number of nitrogens with one attached hydrogen (secondary N) is 1. The van der Waals surface area contributed by atoms with E-state index in [1.807, 2.05) is 6.07 Å². The third kappa shape index (κ3) is 3.40. The molecule has 2 heterocycles. The van der Waals surface area contributed by atoms with Gasteiger partial charge in [0.1, 0.15) is 0 Å². The first-order valence-corrected chi connectivity index (χ1v) is 8.92. The fraction of sp³-hybridized carbons (Fsp3) is 0.353. The van der Waals surface area contributed by atoms with Gasteiger partial charge in [0, 0.05) is 25.7 Å². The summed E-state index contributed by atoms with van der Waals surface area (Å²) < 4.78 is 15.4. The molecule has 3 aromatic rings. The number of carbonyl (C=O) groups excluding carboxylic acids is 1. The Balaban J connectivity index is 1.51. The van der Waals surface area contributed by atoms with E-state index in [1.54, 1.807) is 0 Å². The van der Waals surface area contributed by atoms with Crippen molar-refractivity contribution in [3.8, 4) is 0 Å². The Hall–Kier alpha value is -2.32. The Morgan fingerprint density at radius 2 is 2.24 bits per heavy atom. The Morgan fingerprint density at radius 3 is 2.92 bits per heavy atom. The van der Waals surface area contributed by atoms with E-state index < -0.39 is 11.9 Å². The van der Waals surface area contributed by atoms with Crippen LogP contribution in [0.15, 0.2) is 24.3 Å². The number of aryl methyl sites for hydroxylation is 1. The van der Waals surface area contributed by atoms with Crippen molar-refractivity contribution in [1.82, 2.24) is 19.7 Å². The highest BCUT2D eigenvalue weighted by Crippen LogP contribution is 2.30. The predicted octanol–water partition coefficient (Wildman–Crippen LogP) is 3.02. The Labute approximate surface area is 148 Å². The van der Waals surface area contributed by atoms with Gasteiger partial charge < -0.3 is 0 Å². The molecule has 4 rings (SSSR count). The summed E-state index contributed by atoms with van der Waals surface area (Å²) in [6.07, 6.45) is 2.56. The number of hydrogen-bond acceptors (Lipinski definition) is 5. The maximum absolute atomic E-state index is 13.3. The molecule has 0 unspecified atom stereocenters. The van der Waals surface area contributed by atoms with Crippen molar-refractivity contribution in [3.63, 3.8) is 0 Å². The van der Waals surface area contributed by atoms with Crippen molar-refractivity contribution in [2.45, 2.75) is 25.4 Å². The van der Waals surface area contributed by atoms with Crippen LogP contribution in [0.4, 0.5) is 9.52 Å². The van der Waals surface area contributed by atoms with E-state index in [2.05, 4.69) is 39.5 Å². The van der Waals surface area contributed by atoms with Crippen LogP contribution in [0, 0.1) is 5.95 Å². The molecule has 1 aliphatic rings. The Kier molecular flexibility index (Phi) is 4.01. The SMILES string of the molecule is CN(Cc1ccc2nc(NC(=O)c3cc(F)n(C)n3)sc2c1)C1CC1. The maximum atomic E-state index is 13.3. The summed E-state index contributed by atoms with van der Waals surface area (Å²) >= 11 is 1.41. The first kappa shape index (κ1) is 16.2. The van der Waals surface area contributed by atoms with Gasteiger partial charge in [0.2, 0.25) is 5.95 Å². The second-order valence-electron chi connectivity index (χ2n) is 6.40. The standard InChI is InChI=1S/C17H18FN5OS/c1-22(11-4-5-11)9-10-3-6-12-14(7-10)25-17(19-12)20-16(24)13-8-15(18)23(2)21-13/h3,6-8,11H,4-5,9H2,1-2H3,(H,19,20,24). The second kappa shape index (κ2) is 6.20. The van der Waals surface area contributed by atoms with Gasteiger partial charge in [-0.3, -0.25) is 15.0 Å². The molecule has 1 aromatic carbocycles. The normalized spacial score (nSPS) is 14.4. The highest BCUT2D eigenvalue weighted by molar-refractivity contribution is 7.22. The van der Waals surface area contributed by atoms with E-state index in [0.717, 1.165) is 27.5 Å². The number of carbonyl (C=O) groups is 1. The number of benzene rings is 1. The summed E-state index contributed by atoms with van der Waals surface area (Å²) in [7, 11) is 3.59. The third-order valence-corrected chi connectivity index (χ3v) is 5.26. The van der Waals surface area contributed by atoms with E-state index in [0.29, 0.717) is 11.2 Å². The molecule has 1 aliphatic carbocycles. The van der Waals surface area contributed by atoms with Gasteiger partial charge in [-0.1, -0.05) is 17.4 Å². The number of fused-ring (bicyclic) bond motifs is 1. The molecule has 1 N–H and O–H groups in total. The van der Waals surface area contributed by atoms with Crippen molar-refractivity contribution in [3.05, 3.63) is 41.5 Å². The van der Waals surface area contributed by atoms with Crippen LogP contribution in [0.1, 0.15) is 28.9 Å². The molecule has 8 heteroatoms. The van der Waals surface area contributed by atoms with Crippen LogP contribution in [0.25, 0.3) is 10.2 Å². The lowest BCUT2D eigenvalue weighted by atomic mass is 10.2. The van der Waals surface area contributed by atoms with Crippen molar-refractivity contribution in [2.75, 3.05) is 12.4 Å². The molecule has 2 aromatic heterocycles. The molecular weight excluding hydrogens is 341 g/mol. The van der Waals surface area contributed by atoms with Crippen LogP contribution in [0.3, 0.4) is 0 Å². The number of rotatable bonds is 5. The van der Waals surface area contributed by atoms with Crippen molar-refractivity contribution < 1.29 is 9.18 Å². The molecule has 0 bridgehead atoms. The Bertz CT molecular complexity index is 926. The highest BCUT2D eigenvalue weighted by atomic mass is 32.1. The molecule has 1 fully saturated rings. The summed E-state index contributed by atoms with van der Waals surface area (Å²) in [6, 6.07) is 7.97. The lowest BCUT2D eigenvalue weighted by Gasteiger charge is -2.15. The second-order valence-corrected chi connectivity index (χ2v) is 7.43. The van der Waals surface area contributed by atoms with Gasteiger partial charge in [0.15, 0.2) is 10.8 Å². The summed E-state index contributed by atoms with van der Waals surface area (Å²) in [4.78, 5) is 18.9. The van der Waals surface area contributed by atoms with E-state index in [1.165, 1.54) is 36.8 Å². The number of halogens is 1. The third-order valence-electron chi connectivity index (χ3n) is 4.33. The number of hydrogen-bond donors (Lipinski definition) is 1. The number of nitrogens with zero attached hydrogens (tertiary/aromatic N) is 4. The quantitative estimate of drug-likeness (QED) is 0.761. The van der Waals surface area contributed by atoms with Crippen LogP contribution >= 0.6 is 11.3 Å². The van der Waals surface area contributed by atoms with Gasteiger partial charge in [-0.2, -0.15) is 9.49 Å². The van der Waals surface area contributed by atoms with Gasteiger partial charge in [-0.15, -0.1) is 0 Å². The van der Waals surface area contributed by atoms with E-state index in [-0.39, 0.29) is 5.69 Å². The van der Waals surface area contributed by atoms with Crippen LogP contribution in [-0.4, -0.2) is 38.7 Å². The summed E-state index contributed by atoms with van der Waals surface area (Å²) in [5.41, 5.74) is 2.10. The zero-order chi connectivity index (χ0) is 17.6. The predicted molar refractivity (Wildman–Crippen MR) is 95.2 cm³/mol. The minimum atomic E-state index is -0.557. The summed E-state index contributed by atoms with van der Waals surface area (Å²) in [5, 5.41) is 7.01. The van der Waals surface area contributed by atoms with Crippen LogP contribution in [-0.2, 0) is 13.6 Å². The molecule has 1 amide bonds. The molecule has 1 saturated carbocycles. The number of anilines is 1. The van der Waals surface area contributed by atoms with Gasteiger partial charge in [-0.05, 0) is 37.6 Å². The lowest BCUT2D eigenvalue weighted by molar-refractivity contribution is 0.102. The molecule has 130 valence electrons. The van der Waals surface area contributed by atoms with Crippen LogP contribution in [0.2, 0.25) is 0 Å². The van der Waals surface area contributed by atoms with Crippen molar-refractivity contribution in [1.29, 1.82) is 0 Å². The molecule has 0 radical (unpaired) electrons. The van der Waals surface area contributed by atoms with Gasteiger partial charge >= 0.3 is 0 Å². The first-order chi connectivity index (χ1) is 12.0. The summed E-state index contributed by atoms with van der Waals surface area (Å²) in [5.74, 6) is -1.02. The zero-order valence-corrected chi connectivity index (χ0v) is 14.8. The molecular formula is C17H18FN5OS. The largest absolute Gasteiger partial charge is 0.299 e. The molecule has 6 nitrogen and oxygen atoms in total. The maximum Gasteiger partial charge on any atom is 0.278 e. The molecule has 25 heavy (non-hydrogen) atoms. The average Bonchev–Trinajstić information content (AvgIpc) is 3.27. The van der Waals surface area contributed by atoms with E-state index in [4.69, 9.17) is 0 Å². The number of thiazole rings is 1. The van der Waals surface area contributed by atoms with Gasteiger partial charge in [-0.25, -0.2) is 9.67 Å². The number of amides is 1. The smallest absolute Gasteiger partial charge is 0.278 e. The zero-order valence-electron chi connectivity index (χ0n) is 14.0. The highest BCUT2D eigenvalue weighted by Gasteiger charge is 2.25. The molecule has 0 saturated heterocycles. The van der Waals surface area contributed by atoms with Crippen LogP contribution < -0.4 is 5.32 Å². The van der Waals surface area contributed by atoms with E-state index in [9.17, 15) is 9.18 Å². The number of aromatic nitrogens is 3. The monoisotopic (exact) mass is 359 g/mol. The molecule has 0 aliphatic heterocycles. The minimum Gasteiger partial charge on any atom is -0.299 e. The van der Waals surface area contributed by atoms with Crippen molar-refractivity contribution >= 4 is 32.6 Å². The van der Waals surface area contributed by atoms with Gasteiger partial charge in [0.05, 0.1) is 10.2 Å². The summed E-state index contributed by atoms with van der Waals surface area (Å²) in [6.45, 7) is 0.910. The lowest BCUT2D eigenvalue weighted by Crippen LogP contribution is -2.19. The van der Waals surface area contributed by atoms with Gasteiger partial charge in [0.25, 0.3) is 5.91 Å². The van der Waals surface area contributed by atoms with Crippen molar-refractivity contribution in [2.24, 2.45) is 7.05 Å². The topological polar surface area (TPSA) is 63.1 Å². The first-order valence-electron chi connectivity index (χ1n) is 8.10. The fourth-order valence-corrected chi connectivity index (χ4v) is 3.69. The Morgan fingerprint density at radius 1 is 1.44 bits per heavy atom. The molecule has 0 atom stereocenters. The molecule has 0 spiro atoms. The van der Waals surface area contributed by atoms with E-state index >= 15 is 0 Å². The average molecular weight is 359 g/mol. The fourth-order valence-electron chi connectivity index (χ4n) is 2.77. The van der Waals surface area contributed by atoms with Crippen LogP contribution in [0.5, 0.6) is 0 Å².